The number of rotatable bonds is 20. The maximum absolute atomic E-state index is 10.4. The van der Waals surface area contributed by atoms with Gasteiger partial charge in [-0.2, -0.15) is 0 Å². The van der Waals surface area contributed by atoms with Crippen LogP contribution in [0.5, 0.6) is 0 Å². The number of unbranched alkanes of at least 4 members (excludes halogenated alkanes) is 18. The monoisotopic (exact) mass is 550 g/mol. The quantitative estimate of drug-likeness (QED) is 0.131. The van der Waals surface area contributed by atoms with E-state index in [2.05, 4.69) is 6.92 Å². The molecule has 150 valence electrons. The molecule has 0 aromatic heterocycles. The molecule has 0 saturated carbocycles. The Labute approximate surface area is 178 Å². The molecular formula is C22H46O2Pb. The molecule has 0 aromatic rings. The van der Waals surface area contributed by atoms with E-state index in [0.717, 1.165) is 12.8 Å². The second-order valence-corrected chi connectivity index (χ2v) is 7.51. The summed E-state index contributed by atoms with van der Waals surface area (Å²) in [4.78, 5) is 10.4. The number of hydrogen-bond acceptors (Lipinski definition) is 1. The van der Waals surface area contributed by atoms with Gasteiger partial charge in [-0.1, -0.05) is 122 Å². The van der Waals surface area contributed by atoms with E-state index in [9.17, 15) is 4.79 Å². The van der Waals surface area contributed by atoms with Gasteiger partial charge in [-0.15, -0.1) is 0 Å². The summed E-state index contributed by atoms with van der Waals surface area (Å²) in [7, 11) is 0. The maximum atomic E-state index is 10.4. The van der Waals surface area contributed by atoms with Gasteiger partial charge in [0.2, 0.25) is 0 Å². The van der Waals surface area contributed by atoms with Gasteiger partial charge in [0.05, 0.1) is 0 Å². The molecule has 1 N–H and O–H groups in total. The molecule has 0 aliphatic rings. The zero-order valence-electron chi connectivity index (χ0n) is 17.2. The van der Waals surface area contributed by atoms with Crippen molar-refractivity contribution in [2.45, 2.75) is 135 Å². The number of carboxylic acids is 1. The van der Waals surface area contributed by atoms with Crippen LogP contribution < -0.4 is 0 Å². The van der Waals surface area contributed by atoms with Gasteiger partial charge in [-0.05, 0) is 6.42 Å². The van der Waals surface area contributed by atoms with Crippen LogP contribution in [0.1, 0.15) is 135 Å². The molecule has 0 rings (SSSR count). The average Bonchev–Trinajstić information content (AvgIpc) is 2.56. The van der Waals surface area contributed by atoms with Crippen LogP contribution in [-0.4, -0.2) is 38.4 Å². The summed E-state index contributed by atoms with van der Waals surface area (Å²) in [6, 6.07) is 0. The van der Waals surface area contributed by atoms with Crippen molar-refractivity contribution in [3.63, 3.8) is 0 Å². The normalized spacial score (nSPS) is 10.6. The molecule has 0 spiro atoms. The number of carbonyl (C=O) groups is 1. The summed E-state index contributed by atoms with van der Waals surface area (Å²) in [5.74, 6) is -0.651. The fourth-order valence-electron chi connectivity index (χ4n) is 3.35. The Balaban J connectivity index is 0. The molecule has 3 heteroatoms. The van der Waals surface area contributed by atoms with Gasteiger partial charge in [0.25, 0.3) is 0 Å². The minimum absolute atomic E-state index is 0. The standard InChI is InChI=1S/C22H44O2.Pb.2H/c1-2-3-4-5-6-7-8-9-10-11-12-13-14-15-16-17-18-19-20-21-22(23)24;;;/h2-21H2,1H3,(H,23,24);;;. The summed E-state index contributed by atoms with van der Waals surface area (Å²) in [6.45, 7) is 2.28. The van der Waals surface area contributed by atoms with Crippen LogP contribution >= 0.6 is 0 Å². The molecule has 0 aliphatic carbocycles. The van der Waals surface area contributed by atoms with Crippen molar-refractivity contribution in [2.24, 2.45) is 0 Å². The van der Waals surface area contributed by atoms with Crippen molar-refractivity contribution in [2.75, 3.05) is 0 Å². The van der Waals surface area contributed by atoms with Crippen LogP contribution in [0.15, 0.2) is 0 Å². The fraction of sp³-hybridized carbons (Fsp3) is 0.955. The average molecular weight is 550 g/mol. The first kappa shape index (κ1) is 27.6. The molecule has 0 aliphatic heterocycles. The van der Waals surface area contributed by atoms with Crippen LogP contribution in [0.2, 0.25) is 0 Å². The molecule has 2 radical (unpaired) electrons. The Morgan fingerprint density at radius 1 is 0.520 bits per heavy atom. The molecule has 25 heavy (non-hydrogen) atoms. The van der Waals surface area contributed by atoms with E-state index in [1.807, 2.05) is 0 Å². The second kappa shape index (κ2) is 24.4. The van der Waals surface area contributed by atoms with Gasteiger partial charge in [0, 0.05) is 6.42 Å². The van der Waals surface area contributed by atoms with E-state index in [4.69, 9.17) is 5.11 Å². The van der Waals surface area contributed by atoms with Crippen LogP contribution in [0.25, 0.3) is 0 Å². The minimum atomic E-state index is -0.651. The topological polar surface area (TPSA) is 37.3 Å². The Bertz CT molecular complexity index is 256. The van der Waals surface area contributed by atoms with Crippen molar-refractivity contribution in [1.82, 2.24) is 0 Å². The first-order valence-electron chi connectivity index (χ1n) is 11.0. The number of hydrogen-bond donors (Lipinski definition) is 1. The van der Waals surface area contributed by atoms with Crippen molar-refractivity contribution in [3.8, 4) is 0 Å². The molecule has 0 bridgehead atoms. The molecule has 0 saturated heterocycles. The molecule has 0 atom stereocenters. The van der Waals surface area contributed by atoms with Gasteiger partial charge >= 0.3 is 33.3 Å². The van der Waals surface area contributed by atoms with Gasteiger partial charge in [0.15, 0.2) is 0 Å². The SMILES string of the molecule is CCCCCCCCCCCCCCCCCCCCCC(=O)O.[PbH2]. The Kier molecular flexibility index (Phi) is 26.9. The molecular weight excluding hydrogens is 503 g/mol. The molecule has 0 heterocycles. The molecule has 0 unspecified atom stereocenters. The van der Waals surface area contributed by atoms with Gasteiger partial charge in [-0.3, -0.25) is 4.79 Å². The van der Waals surface area contributed by atoms with E-state index in [0.29, 0.717) is 6.42 Å². The molecule has 0 fully saturated rings. The Morgan fingerprint density at radius 3 is 1.00 bits per heavy atom. The van der Waals surface area contributed by atoms with E-state index in [1.54, 1.807) is 0 Å². The van der Waals surface area contributed by atoms with Gasteiger partial charge < -0.3 is 5.11 Å². The molecule has 0 amide bonds. The zero-order chi connectivity index (χ0) is 17.7. The predicted molar refractivity (Wildman–Crippen MR) is 114 cm³/mol. The summed E-state index contributed by atoms with van der Waals surface area (Å²) in [5.41, 5.74) is 0. The summed E-state index contributed by atoms with van der Waals surface area (Å²) in [6.07, 6.45) is 26.1. The van der Waals surface area contributed by atoms with Crippen LogP contribution in [0.3, 0.4) is 0 Å². The second-order valence-electron chi connectivity index (χ2n) is 7.51. The third-order valence-electron chi connectivity index (χ3n) is 4.99. The van der Waals surface area contributed by atoms with Crippen LogP contribution in [0.4, 0.5) is 0 Å². The van der Waals surface area contributed by atoms with E-state index < -0.39 is 5.97 Å². The van der Waals surface area contributed by atoms with Crippen LogP contribution in [0, 0.1) is 0 Å². The van der Waals surface area contributed by atoms with E-state index in [-0.39, 0.29) is 27.3 Å². The third-order valence-corrected chi connectivity index (χ3v) is 4.99. The van der Waals surface area contributed by atoms with E-state index >= 15 is 0 Å². The summed E-state index contributed by atoms with van der Waals surface area (Å²) >= 11 is 0. The van der Waals surface area contributed by atoms with Crippen molar-refractivity contribution in [3.05, 3.63) is 0 Å². The molecule has 2 nitrogen and oxygen atoms in total. The predicted octanol–water partition coefficient (Wildman–Crippen LogP) is 6.98. The first-order valence-corrected chi connectivity index (χ1v) is 11.0. The first-order chi connectivity index (χ1) is 11.8. The van der Waals surface area contributed by atoms with Gasteiger partial charge in [0.1, 0.15) is 0 Å². The van der Waals surface area contributed by atoms with E-state index in [1.165, 1.54) is 109 Å². The number of aliphatic carboxylic acids is 1. The van der Waals surface area contributed by atoms with Crippen LogP contribution in [-0.2, 0) is 4.79 Å². The van der Waals surface area contributed by atoms with Crippen molar-refractivity contribution in [1.29, 1.82) is 0 Å². The zero-order valence-corrected chi connectivity index (χ0v) is 22.7. The van der Waals surface area contributed by atoms with Crippen molar-refractivity contribution >= 4 is 33.3 Å². The van der Waals surface area contributed by atoms with Crippen molar-refractivity contribution < 1.29 is 9.90 Å². The fourth-order valence-corrected chi connectivity index (χ4v) is 3.35. The molecule has 0 aromatic carbocycles. The summed E-state index contributed by atoms with van der Waals surface area (Å²) < 4.78 is 0. The van der Waals surface area contributed by atoms with Gasteiger partial charge in [-0.25, -0.2) is 0 Å². The summed E-state index contributed by atoms with van der Waals surface area (Å²) in [5, 5.41) is 8.56. The Hall–Kier alpha value is 0.392. The number of carboxylic acid groups (broad SMARTS) is 1. The third kappa shape index (κ3) is 26.7. The Morgan fingerprint density at radius 2 is 0.760 bits per heavy atom.